The molecule has 0 aliphatic rings. The van der Waals surface area contributed by atoms with E-state index < -0.39 is 71.3 Å². The molecule has 4 atom stereocenters. The van der Waals surface area contributed by atoms with Crippen molar-refractivity contribution in [3.8, 4) is 22.3 Å². The van der Waals surface area contributed by atoms with E-state index in [4.69, 9.17) is 4.74 Å². The number of ether oxygens (including phenoxy) is 1. The third kappa shape index (κ3) is 23.5. The molecule has 0 saturated heterocycles. The Kier molecular flexibility index (Phi) is 36.2. The SMILES string of the molecule is CCOC(=O)C[C@H](CC(=O)C(CC(C)C)n1cc(CCN(C)C)c(C)cc1=O)c1cc(-c2c(C)cccc2C)cc(F)c1F.Cc1cc(=O)n(C(CC(C)C)C(=O)C[C@@H](CC(=O)O)c2cc(-c3c(C)cccc3C)cc(F)c2F)cc1CCN(C)C.S.S.[Li+].[OH-].[OH-]. The van der Waals surface area contributed by atoms with E-state index >= 15 is 17.6 Å². The predicted octanol–water partition coefficient (Wildman–Crippen LogP) is 10.6. The van der Waals surface area contributed by atoms with E-state index in [1.165, 1.54) is 21.3 Å². The van der Waals surface area contributed by atoms with Crippen LogP contribution in [0.1, 0.15) is 153 Å². The second kappa shape index (κ2) is 38.8. The molecule has 2 heterocycles. The van der Waals surface area contributed by atoms with Crippen molar-refractivity contribution >= 4 is 50.5 Å². The Hall–Kier alpha value is -6.08. The summed E-state index contributed by atoms with van der Waals surface area (Å²) < 4.78 is 69.3. The van der Waals surface area contributed by atoms with Gasteiger partial charge in [0.2, 0.25) is 0 Å². The van der Waals surface area contributed by atoms with Crippen LogP contribution >= 0.6 is 27.0 Å². The Bertz CT molecular complexity index is 3500. The summed E-state index contributed by atoms with van der Waals surface area (Å²) in [6.45, 7) is 22.4. The number of carbonyl (C=O) groups is 4. The van der Waals surface area contributed by atoms with Gasteiger partial charge in [-0.05, 0) is 216 Å². The number of ketones is 2. The fourth-order valence-corrected chi connectivity index (χ4v) is 11.4. The molecule has 0 amide bonds. The van der Waals surface area contributed by atoms with Gasteiger partial charge in [-0.3, -0.25) is 28.8 Å². The van der Waals surface area contributed by atoms with Gasteiger partial charge in [-0.15, -0.1) is 0 Å². The van der Waals surface area contributed by atoms with Crippen LogP contribution in [0.4, 0.5) is 17.6 Å². The van der Waals surface area contributed by atoms with E-state index in [9.17, 15) is 33.9 Å². The summed E-state index contributed by atoms with van der Waals surface area (Å²) in [6, 6.07) is 17.9. The predicted molar refractivity (Wildman–Crippen MR) is 358 cm³/mol. The molecule has 14 nitrogen and oxygen atoms in total. The Morgan fingerprint density at radius 2 is 0.879 bits per heavy atom. The smallest absolute Gasteiger partial charge is 0.870 e. The molecule has 0 radical (unpaired) electrons. The Morgan fingerprint density at radius 3 is 1.19 bits per heavy atom. The first kappa shape index (κ1) is 84.9. The summed E-state index contributed by atoms with van der Waals surface area (Å²) in [7, 11) is 7.85. The quantitative estimate of drug-likeness (QED) is 0.0290. The maximum atomic E-state index is 15.6. The zero-order chi connectivity index (χ0) is 64.0. The topological polar surface area (TPSA) is 208 Å². The summed E-state index contributed by atoms with van der Waals surface area (Å²) in [5.41, 5.74) is 8.60. The number of Topliss-reactive ketones (excluding diaryl/α,β-unsaturated/α-hetero) is 2. The fraction of sp³-hybridized carbons (Fsp3) is 0.457. The van der Waals surface area contributed by atoms with Crippen LogP contribution in [-0.2, 0) is 36.8 Å². The summed E-state index contributed by atoms with van der Waals surface area (Å²) in [5, 5.41) is 9.72. The van der Waals surface area contributed by atoms with Crippen molar-refractivity contribution in [2.24, 2.45) is 11.8 Å². The van der Waals surface area contributed by atoms with Crippen molar-refractivity contribution in [2.45, 2.75) is 151 Å². The molecule has 0 aliphatic heterocycles. The summed E-state index contributed by atoms with van der Waals surface area (Å²) >= 11 is 0. The van der Waals surface area contributed by atoms with Crippen molar-refractivity contribution in [2.75, 3.05) is 47.9 Å². The number of hydrogen-bond acceptors (Lipinski definition) is 11. The number of aryl methyl sites for hydroxylation is 6. The van der Waals surface area contributed by atoms with Gasteiger partial charge in [-0.25, -0.2) is 17.6 Å². The molecular formula is C70H94F4LiN4O10S2-. The number of pyridine rings is 2. The summed E-state index contributed by atoms with van der Waals surface area (Å²) in [5.74, 6) is -9.00. The van der Waals surface area contributed by atoms with Crippen LogP contribution in [-0.4, -0.2) is 106 Å². The molecule has 0 saturated carbocycles. The van der Waals surface area contributed by atoms with Crippen molar-refractivity contribution < 1.29 is 76.4 Å². The van der Waals surface area contributed by atoms with Crippen LogP contribution in [0, 0.1) is 76.6 Å². The second-order valence-electron chi connectivity index (χ2n) is 24.4. The van der Waals surface area contributed by atoms with Gasteiger partial charge >= 0.3 is 30.8 Å². The molecule has 496 valence electrons. The van der Waals surface area contributed by atoms with Crippen molar-refractivity contribution in [3.05, 3.63) is 185 Å². The number of benzene rings is 4. The number of aromatic nitrogens is 2. The van der Waals surface area contributed by atoms with E-state index in [2.05, 4.69) is 0 Å². The number of hydrogen-bond donors (Lipinski definition) is 1. The van der Waals surface area contributed by atoms with Gasteiger partial charge in [0.05, 0.1) is 31.5 Å². The molecule has 6 aromatic rings. The molecule has 2 aromatic heterocycles. The van der Waals surface area contributed by atoms with Crippen LogP contribution in [0.5, 0.6) is 0 Å². The van der Waals surface area contributed by atoms with Gasteiger partial charge in [0, 0.05) is 62.3 Å². The van der Waals surface area contributed by atoms with E-state index in [-0.39, 0.29) is 123 Å². The third-order valence-corrected chi connectivity index (χ3v) is 15.8. The van der Waals surface area contributed by atoms with E-state index in [1.54, 1.807) is 31.5 Å². The first-order valence-electron chi connectivity index (χ1n) is 29.7. The maximum absolute atomic E-state index is 15.6. The number of carboxylic acid groups (broad SMARTS) is 1. The Balaban J connectivity index is 0.00000169. The molecule has 0 bridgehead atoms. The zero-order valence-electron chi connectivity index (χ0n) is 55.8. The average Bonchev–Trinajstić information content (AvgIpc) is 0.992. The number of esters is 1. The minimum Gasteiger partial charge on any atom is -0.870 e. The number of aliphatic carboxylic acids is 1. The fourth-order valence-electron chi connectivity index (χ4n) is 11.4. The number of halogens is 4. The molecule has 6 rings (SSSR count). The standard InChI is InChI=1S/C36H46F2N2O4.C34H42F2N2O4.Li.2H2O.2H2S/c1-9-44-34(43)20-27(29-17-28(18-30(37)36(29)38)35-23(4)11-10-12-24(35)5)19-32(41)31(15-22(2)3)40-21-26(13-14-39(7)8)25(6)16-33(40)42;1-20(2)13-29(38-19-24(11-12-37(6)7)23(5)14-31(38)40)30(39)17-25(18-32(41)42)27-15-26(16-28(35)34(27)36)33-21(3)9-8-10-22(33)4;;;;;/h10-12,16-18,21-22,27,31H,9,13-15,19-20H2,1-8H3;8-10,14-16,19-20,25,29H,11-13,17-18H2,1-7H3,(H,41,42);;4*1H2/q;;+1;;;;/p-2/t27-,31?;25-,29?;;;;;/m00...../s1. The van der Waals surface area contributed by atoms with E-state index in [0.29, 0.717) is 36.8 Å². The van der Waals surface area contributed by atoms with Gasteiger partial charge in [-0.2, -0.15) is 27.0 Å². The number of nitrogens with zero attached hydrogens (tertiary/aromatic N) is 4. The van der Waals surface area contributed by atoms with Gasteiger partial charge in [0.1, 0.15) is 0 Å². The molecule has 91 heavy (non-hydrogen) atoms. The Labute approximate surface area is 560 Å². The van der Waals surface area contributed by atoms with E-state index in [1.807, 2.05) is 144 Å². The molecule has 0 fully saturated rings. The molecular weight excluding hydrogens is 1200 g/mol. The minimum absolute atomic E-state index is 0. The van der Waals surface area contributed by atoms with Gasteiger partial charge < -0.3 is 39.7 Å². The molecule has 2 unspecified atom stereocenters. The van der Waals surface area contributed by atoms with E-state index in [0.717, 1.165) is 80.9 Å². The average molecular weight is 1300 g/mol. The minimum atomic E-state index is -1.23. The summed E-state index contributed by atoms with van der Waals surface area (Å²) in [6.07, 6.45) is 4.07. The number of carboxylic acids is 1. The van der Waals surface area contributed by atoms with Gasteiger partial charge in [-0.1, -0.05) is 64.1 Å². The van der Waals surface area contributed by atoms with Crippen LogP contribution in [0.25, 0.3) is 22.3 Å². The van der Waals surface area contributed by atoms with Crippen LogP contribution in [0.3, 0.4) is 0 Å². The molecule has 0 aliphatic carbocycles. The third-order valence-electron chi connectivity index (χ3n) is 15.8. The molecule has 0 spiro atoms. The van der Waals surface area contributed by atoms with Crippen LogP contribution < -0.4 is 30.0 Å². The maximum Gasteiger partial charge on any atom is 1.00 e. The first-order valence-corrected chi connectivity index (χ1v) is 29.7. The van der Waals surface area contributed by atoms with Gasteiger partial charge in [0.15, 0.2) is 34.8 Å². The summed E-state index contributed by atoms with van der Waals surface area (Å²) in [4.78, 5) is 83.2. The largest absolute Gasteiger partial charge is 1.00 e. The van der Waals surface area contributed by atoms with Gasteiger partial charge in [0.25, 0.3) is 11.1 Å². The number of rotatable bonds is 27. The number of carbonyl (C=O) groups excluding carboxylic acids is 3. The normalized spacial score (nSPS) is 12.3. The van der Waals surface area contributed by atoms with Crippen LogP contribution in [0.15, 0.2) is 94.8 Å². The second-order valence-corrected chi connectivity index (χ2v) is 24.4. The molecule has 4 aromatic carbocycles. The van der Waals surface area contributed by atoms with Crippen LogP contribution in [0.2, 0.25) is 0 Å². The zero-order valence-corrected chi connectivity index (χ0v) is 57.8. The monoisotopic (exact) mass is 1300 g/mol. The molecule has 3 N–H and O–H groups in total. The number of likely N-dealkylation sites (N-methyl/N-ethyl adjacent to an activating group) is 2. The van der Waals surface area contributed by atoms with Crippen molar-refractivity contribution in [3.63, 3.8) is 0 Å². The molecule has 21 heteroatoms. The van der Waals surface area contributed by atoms with Crippen molar-refractivity contribution in [1.82, 2.24) is 18.9 Å². The Morgan fingerprint density at radius 1 is 0.538 bits per heavy atom. The first-order chi connectivity index (χ1) is 40.4. The van der Waals surface area contributed by atoms with Crippen molar-refractivity contribution in [1.29, 1.82) is 0 Å².